The Morgan fingerprint density at radius 2 is 2.05 bits per heavy atom. The summed E-state index contributed by atoms with van der Waals surface area (Å²) in [7, 11) is 0. The number of amides is 1. The second kappa shape index (κ2) is 5.76. The van der Waals surface area contributed by atoms with Gasteiger partial charge in [0.05, 0.1) is 10.6 Å². The highest BCUT2D eigenvalue weighted by atomic mass is 35.5. The summed E-state index contributed by atoms with van der Waals surface area (Å²) in [6, 6.07) is 6.80. The van der Waals surface area contributed by atoms with E-state index in [4.69, 9.17) is 11.6 Å². The smallest absolute Gasteiger partial charge is 0.300 e. The lowest BCUT2D eigenvalue weighted by Gasteiger charge is -2.08. The summed E-state index contributed by atoms with van der Waals surface area (Å²) in [4.78, 5) is 22.2. The Morgan fingerprint density at radius 1 is 1.33 bits per heavy atom. The highest BCUT2D eigenvalue weighted by Crippen LogP contribution is 2.30. The number of rotatable bonds is 3. The molecule has 0 atom stereocenters. The summed E-state index contributed by atoms with van der Waals surface area (Å²) in [5, 5.41) is 22.5. The van der Waals surface area contributed by atoms with Gasteiger partial charge in [-0.3, -0.25) is 14.9 Å². The van der Waals surface area contributed by atoms with Crippen molar-refractivity contribution in [3.8, 4) is 5.75 Å². The first-order valence-corrected chi connectivity index (χ1v) is 6.00. The van der Waals surface area contributed by atoms with Gasteiger partial charge < -0.3 is 10.4 Å². The van der Waals surface area contributed by atoms with Crippen LogP contribution in [0.4, 0.5) is 15.8 Å². The van der Waals surface area contributed by atoms with Crippen molar-refractivity contribution in [1.82, 2.24) is 0 Å². The van der Waals surface area contributed by atoms with Gasteiger partial charge in [-0.25, -0.2) is 4.39 Å². The number of nitro benzene ring substituents is 1. The van der Waals surface area contributed by atoms with Gasteiger partial charge in [0.2, 0.25) is 0 Å². The number of nitro groups is 1. The van der Waals surface area contributed by atoms with Gasteiger partial charge in [0, 0.05) is 6.07 Å². The summed E-state index contributed by atoms with van der Waals surface area (Å²) < 4.78 is 13.1. The number of hydrogen-bond acceptors (Lipinski definition) is 4. The predicted molar refractivity (Wildman–Crippen MR) is 74.1 cm³/mol. The fourth-order valence-corrected chi connectivity index (χ4v) is 1.93. The SMILES string of the molecule is O=C(Nc1cc(F)ccc1O)c1cccc(Cl)c1[N+](=O)[O-]. The standard InChI is InChI=1S/C13H8ClFN2O4/c14-9-3-1-2-8(12(9)17(20)21)13(19)16-10-6-7(15)4-5-11(10)18/h1-6,18H,(H,16,19). The molecule has 0 fully saturated rings. The van der Waals surface area contributed by atoms with Gasteiger partial charge in [0.1, 0.15) is 22.2 Å². The van der Waals surface area contributed by atoms with Crippen molar-refractivity contribution in [2.45, 2.75) is 0 Å². The molecule has 0 aromatic heterocycles. The van der Waals surface area contributed by atoms with Gasteiger partial charge in [-0.05, 0) is 24.3 Å². The molecule has 0 saturated carbocycles. The van der Waals surface area contributed by atoms with E-state index in [1.165, 1.54) is 18.2 Å². The van der Waals surface area contributed by atoms with Crippen molar-refractivity contribution >= 4 is 28.9 Å². The first-order valence-electron chi connectivity index (χ1n) is 5.63. The summed E-state index contributed by atoms with van der Waals surface area (Å²) in [6.45, 7) is 0. The molecule has 0 saturated heterocycles. The molecule has 0 aliphatic rings. The number of carbonyl (C=O) groups is 1. The van der Waals surface area contributed by atoms with E-state index in [1.54, 1.807) is 0 Å². The van der Waals surface area contributed by atoms with Gasteiger partial charge in [-0.15, -0.1) is 0 Å². The molecule has 0 aliphatic heterocycles. The first kappa shape index (κ1) is 14.7. The molecule has 21 heavy (non-hydrogen) atoms. The predicted octanol–water partition coefficient (Wildman–Crippen LogP) is 3.35. The highest BCUT2D eigenvalue weighted by Gasteiger charge is 2.24. The lowest BCUT2D eigenvalue weighted by atomic mass is 10.1. The molecular formula is C13H8ClFN2O4. The van der Waals surface area contributed by atoms with Crippen molar-refractivity contribution in [2.75, 3.05) is 5.32 Å². The van der Waals surface area contributed by atoms with Crippen LogP contribution in [0.15, 0.2) is 36.4 Å². The Bertz CT molecular complexity index is 736. The van der Waals surface area contributed by atoms with Crippen LogP contribution >= 0.6 is 11.6 Å². The average Bonchev–Trinajstić information content (AvgIpc) is 2.42. The Hall–Kier alpha value is -2.67. The summed E-state index contributed by atoms with van der Waals surface area (Å²) in [6.07, 6.45) is 0. The topological polar surface area (TPSA) is 92.5 Å². The van der Waals surface area contributed by atoms with Crippen LogP contribution in [0.5, 0.6) is 5.75 Å². The number of phenols is 1. The molecule has 0 aliphatic carbocycles. The van der Waals surface area contributed by atoms with Crippen LogP contribution in [0.2, 0.25) is 5.02 Å². The molecule has 0 heterocycles. The lowest BCUT2D eigenvalue weighted by Crippen LogP contribution is -2.14. The molecule has 0 spiro atoms. The van der Waals surface area contributed by atoms with Gasteiger partial charge in [-0.1, -0.05) is 17.7 Å². The van der Waals surface area contributed by atoms with E-state index in [9.17, 15) is 24.4 Å². The van der Waals surface area contributed by atoms with Gasteiger partial charge in [-0.2, -0.15) is 0 Å². The van der Waals surface area contributed by atoms with Crippen molar-refractivity contribution in [3.63, 3.8) is 0 Å². The zero-order valence-electron chi connectivity index (χ0n) is 10.3. The molecule has 2 aromatic carbocycles. The van der Waals surface area contributed by atoms with Crippen molar-refractivity contribution in [1.29, 1.82) is 0 Å². The number of hydrogen-bond donors (Lipinski definition) is 2. The van der Waals surface area contributed by atoms with Crippen LogP contribution in [0, 0.1) is 15.9 Å². The second-order valence-electron chi connectivity index (χ2n) is 4.01. The Labute approximate surface area is 122 Å². The minimum atomic E-state index is -0.884. The molecule has 108 valence electrons. The third-order valence-electron chi connectivity index (χ3n) is 2.62. The molecule has 2 rings (SSSR count). The second-order valence-corrected chi connectivity index (χ2v) is 4.42. The van der Waals surface area contributed by atoms with Crippen LogP contribution in [-0.2, 0) is 0 Å². The summed E-state index contributed by atoms with van der Waals surface area (Å²) in [5.74, 6) is -1.93. The Balaban J connectivity index is 2.40. The van der Waals surface area contributed by atoms with E-state index in [2.05, 4.69) is 5.32 Å². The number of anilines is 1. The van der Waals surface area contributed by atoms with Gasteiger partial charge in [0.25, 0.3) is 5.91 Å². The van der Waals surface area contributed by atoms with Crippen LogP contribution < -0.4 is 5.32 Å². The number of nitrogens with one attached hydrogen (secondary N) is 1. The maximum absolute atomic E-state index is 13.1. The Kier molecular flexibility index (Phi) is 4.04. The van der Waals surface area contributed by atoms with Crippen molar-refractivity contribution < 1.29 is 19.2 Å². The first-order chi connectivity index (χ1) is 9.90. The number of nitrogens with zero attached hydrogens (tertiary/aromatic N) is 1. The van der Waals surface area contributed by atoms with E-state index in [0.717, 1.165) is 18.2 Å². The number of carbonyl (C=O) groups excluding carboxylic acids is 1. The molecule has 0 radical (unpaired) electrons. The number of halogens is 2. The molecule has 6 nitrogen and oxygen atoms in total. The van der Waals surface area contributed by atoms with Crippen LogP contribution in [0.1, 0.15) is 10.4 Å². The molecule has 2 aromatic rings. The zero-order chi connectivity index (χ0) is 15.6. The van der Waals surface area contributed by atoms with Crippen LogP contribution in [0.25, 0.3) is 0 Å². The molecule has 1 amide bonds. The third-order valence-corrected chi connectivity index (χ3v) is 2.93. The van der Waals surface area contributed by atoms with Crippen LogP contribution in [0.3, 0.4) is 0 Å². The molecular weight excluding hydrogens is 303 g/mol. The largest absolute Gasteiger partial charge is 0.506 e. The Morgan fingerprint density at radius 3 is 2.71 bits per heavy atom. The number of phenolic OH excluding ortho intramolecular Hbond substituents is 1. The van der Waals surface area contributed by atoms with Crippen LogP contribution in [-0.4, -0.2) is 15.9 Å². The minimum absolute atomic E-state index is 0.198. The van der Waals surface area contributed by atoms with E-state index >= 15 is 0 Å². The zero-order valence-corrected chi connectivity index (χ0v) is 11.1. The normalized spacial score (nSPS) is 10.2. The minimum Gasteiger partial charge on any atom is -0.506 e. The van der Waals surface area contributed by atoms with E-state index < -0.39 is 22.3 Å². The molecule has 0 bridgehead atoms. The molecule has 8 heteroatoms. The van der Waals surface area contributed by atoms with E-state index in [-0.39, 0.29) is 22.0 Å². The number of para-hydroxylation sites is 1. The third kappa shape index (κ3) is 3.09. The quantitative estimate of drug-likeness (QED) is 0.516. The summed E-state index contributed by atoms with van der Waals surface area (Å²) in [5.41, 5.74) is -1.06. The number of aromatic hydroxyl groups is 1. The van der Waals surface area contributed by atoms with E-state index in [0.29, 0.717) is 0 Å². The monoisotopic (exact) mass is 310 g/mol. The van der Waals surface area contributed by atoms with Gasteiger partial charge in [0.15, 0.2) is 0 Å². The van der Waals surface area contributed by atoms with Crippen molar-refractivity contribution in [2.24, 2.45) is 0 Å². The summed E-state index contributed by atoms with van der Waals surface area (Å²) >= 11 is 5.70. The maximum atomic E-state index is 13.1. The fourth-order valence-electron chi connectivity index (χ4n) is 1.68. The van der Waals surface area contributed by atoms with Crippen molar-refractivity contribution in [3.05, 3.63) is 62.9 Å². The lowest BCUT2D eigenvalue weighted by molar-refractivity contribution is -0.385. The fraction of sp³-hybridized carbons (Fsp3) is 0. The molecule has 0 unspecified atom stereocenters. The molecule has 2 N–H and O–H groups in total. The van der Waals surface area contributed by atoms with Gasteiger partial charge >= 0.3 is 5.69 Å². The average molecular weight is 311 g/mol. The van der Waals surface area contributed by atoms with E-state index in [1.807, 2.05) is 0 Å². The highest BCUT2D eigenvalue weighted by molar-refractivity contribution is 6.33. The number of benzene rings is 2. The maximum Gasteiger partial charge on any atom is 0.300 e.